The summed E-state index contributed by atoms with van der Waals surface area (Å²) in [6.07, 6.45) is 0.772. The lowest BCUT2D eigenvalue weighted by Crippen LogP contribution is -2.16. The first-order chi connectivity index (χ1) is 15.4. The molecule has 1 aliphatic rings. The van der Waals surface area contributed by atoms with Gasteiger partial charge in [-0.05, 0) is 25.5 Å². The molecule has 0 bridgehead atoms. The summed E-state index contributed by atoms with van der Waals surface area (Å²) in [6.45, 7) is 1.82. The molecule has 0 radical (unpaired) electrons. The molecule has 4 aromatic rings. The number of aryl methyl sites for hydroxylation is 2. The van der Waals surface area contributed by atoms with Gasteiger partial charge in [-0.1, -0.05) is 6.07 Å². The van der Waals surface area contributed by atoms with Gasteiger partial charge in [-0.25, -0.2) is 19.3 Å². The highest BCUT2D eigenvalue weighted by Gasteiger charge is 2.43. The van der Waals surface area contributed by atoms with E-state index < -0.39 is 12.1 Å². The van der Waals surface area contributed by atoms with E-state index in [0.29, 0.717) is 39.9 Å². The molecular weight excluding hydrogens is 415 g/mol. The SMILES string of the molecule is COc1c(Nc2cc(NC(=O)C3CC3F)nc3nc(C)[nH]c23)cccc1-c1ncn(C)n1. The van der Waals surface area contributed by atoms with Gasteiger partial charge < -0.3 is 20.4 Å². The molecule has 3 heterocycles. The molecule has 5 rings (SSSR count). The van der Waals surface area contributed by atoms with Crippen LogP contribution in [0.1, 0.15) is 12.2 Å². The number of imidazole rings is 1. The summed E-state index contributed by atoms with van der Waals surface area (Å²) in [6, 6.07) is 7.27. The van der Waals surface area contributed by atoms with Gasteiger partial charge in [0.25, 0.3) is 0 Å². The molecule has 0 aliphatic heterocycles. The first-order valence-electron chi connectivity index (χ1n) is 10.0. The van der Waals surface area contributed by atoms with Crippen molar-refractivity contribution in [3.63, 3.8) is 0 Å². The number of benzene rings is 1. The highest BCUT2D eigenvalue weighted by molar-refractivity contribution is 5.97. The Labute approximate surface area is 182 Å². The predicted molar refractivity (Wildman–Crippen MR) is 117 cm³/mol. The summed E-state index contributed by atoms with van der Waals surface area (Å²) in [5.74, 6) is 1.04. The van der Waals surface area contributed by atoms with Crippen molar-refractivity contribution in [2.45, 2.75) is 19.5 Å². The van der Waals surface area contributed by atoms with Crippen molar-refractivity contribution in [1.82, 2.24) is 29.7 Å². The Kier molecular flexibility index (Phi) is 4.72. The highest BCUT2D eigenvalue weighted by atomic mass is 19.1. The average molecular weight is 436 g/mol. The van der Waals surface area contributed by atoms with Crippen molar-refractivity contribution in [2.75, 3.05) is 17.7 Å². The molecule has 0 spiro atoms. The van der Waals surface area contributed by atoms with E-state index in [9.17, 15) is 9.18 Å². The van der Waals surface area contributed by atoms with Crippen LogP contribution >= 0.6 is 0 Å². The van der Waals surface area contributed by atoms with Gasteiger partial charge in [-0.15, -0.1) is 0 Å². The Bertz CT molecular complexity index is 1330. The Morgan fingerprint density at radius 1 is 1.31 bits per heavy atom. The van der Waals surface area contributed by atoms with Crippen molar-refractivity contribution in [3.8, 4) is 17.1 Å². The van der Waals surface area contributed by atoms with E-state index in [1.165, 1.54) is 0 Å². The number of carbonyl (C=O) groups is 1. The van der Waals surface area contributed by atoms with E-state index in [-0.39, 0.29) is 18.1 Å². The third-order valence-electron chi connectivity index (χ3n) is 5.21. The lowest BCUT2D eigenvalue weighted by Gasteiger charge is -2.15. The van der Waals surface area contributed by atoms with Crippen LogP contribution in [0.5, 0.6) is 5.75 Å². The molecule has 1 saturated carbocycles. The fourth-order valence-electron chi connectivity index (χ4n) is 3.56. The number of amides is 1. The normalized spacial score (nSPS) is 17.4. The number of halogens is 1. The zero-order valence-corrected chi connectivity index (χ0v) is 17.7. The fourth-order valence-corrected chi connectivity index (χ4v) is 3.56. The number of para-hydroxylation sites is 1. The molecule has 1 aromatic carbocycles. The van der Waals surface area contributed by atoms with Crippen LogP contribution in [0.25, 0.3) is 22.6 Å². The number of nitrogens with zero attached hydrogens (tertiary/aromatic N) is 5. The van der Waals surface area contributed by atoms with Gasteiger partial charge in [0.05, 0.1) is 30.0 Å². The van der Waals surface area contributed by atoms with Crippen molar-refractivity contribution in [3.05, 3.63) is 36.4 Å². The fraction of sp³-hybridized carbons (Fsp3) is 0.286. The standard InChI is InChI=1S/C21H21FN8O2/c1-10-24-17-15(8-16(27-20(17)25-10)28-21(31)12-7-13(12)22)26-14-6-4-5-11(18(14)32-3)19-23-9-30(2)29-19/h4-6,8-9,12-13H,7H2,1-3H3,(H3,24,25,26,27,28,31). The average Bonchev–Trinajstić information content (AvgIpc) is 3.14. The summed E-state index contributed by atoms with van der Waals surface area (Å²) < 4.78 is 20.6. The van der Waals surface area contributed by atoms with Crippen molar-refractivity contribution >= 4 is 34.3 Å². The third kappa shape index (κ3) is 3.61. The molecule has 1 aliphatic carbocycles. The number of anilines is 3. The van der Waals surface area contributed by atoms with E-state index in [1.54, 1.807) is 31.2 Å². The lowest BCUT2D eigenvalue weighted by atomic mass is 10.1. The second kappa shape index (κ2) is 7.59. The van der Waals surface area contributed by atoms with Crippen LogP contribution in [0.4, 0.5) is 21.6 Å². The van der Waals surface area contributed by atoms with Gasteiger partial charge in [0.2, 0.25) is 5.91 Å². The minimum Gasteiger partial charge on any atom is -0.494 e. The van der Waals surface area contributed by atoms with E-state index >= 15 is 0 Å². The maximum Gasteiger partial charge on any atom is 0.231 e. The Morgan fingerprint density at radius 2 is 2.12 bits per heavy atom. The van der Waals surface area contributed by atoms with E-state index in [0.717, 1.165) is 5.56 Å². The number of methoxy groups -OCH3 is 1. The van der Waals surface area contributed by atoms with Crippen LogP contribution in [0, 0.1) is 12.8 Å². The number of hydrogen-bond acceptors (Lipinski definition) is 7. The number of alkyl halides is 1. The quantitative estimate of drug-likeness (QED) is 0.424. The van der Waals surface area contributed by atoms with Crippen molar-refractivity contribution in [2.24, 2.45) is 13.0 Å². The van der Waals surface area contributed by atoms with Crippen LogP contribution in [-0.4, -0.2) is 48.9 Å². The Morgan fingerprint density at radius 3 is 2.81 bits per heavy atom. The minimum atomic E-state index is -1.09. The monoisotopic (exact) mass is 436 g/mol. The highest BCUT2D eigenvalue weighted by Crippen LogP contribution is 2.38. The summed E-state index contributed by atoms with van der Waals surface area (Å²) in [4.78, 5) is 28.5. The van der Waals surface area contributed by atoms with Gasteiger partial charge in [0, 0.05) is 13.1 Å². The molecule has 1 fully saturated rings. The zero-order valence-electron chi connectivity index (χ0n) is 17.7. The van der Waals surface area contributed by atoms with Crippen LogP contribution in [0.3, 0.4) is 0 Å². The number of hydrogen-bond donors (Lipinski definition) is 3. The minimum absolute atomic E-state index is 0.242. The number of carbonyl (C=O) groups excluding carboxylic acids is 1. The van der Waals surface area contributed by atoms with Gasteiger partial charge in [0.1, 0.15) is 29.7 Å². The van der Waals surface area contributed by atoms with Crippen LogP contribution in [-0.2, 0) is 11.8 Å². The number of aromatic nitrogens is 6. The molecule has 32 heavy (non-hydrogen) atoms. The molecule has 2 atom stereocenters. The third-order valence-corrected chi connectivity index (χ3v) is 5.21. The largest absolute Gasteiger partial charge is 0.494 e. The molecule has 1 amide bonds. The number of fused-ring (bicyclic) bond motifs is 1. The molecule has 0 saturated heterocycles. The number of pyridine rings is 1. The van der Waals surface area contributed by atoms with E-state index in [1.807, 2.05) is 25.1 Å². The van der Waals surface area contributed by atoms with E-state index in [2.05, 4.69) is 35.7 Å². The molecule has 3 aromatic heterocycles. The second-order valence-electron chi connectivity index (χ2n) is 7.68. The summed E-state index contributed by atoms with van der Waals surface area (Å²) >= 11 is 0. The van der Waals surface area contributed by atoms with E-state index in [4.69, 9.17) is 4.74 Å². The molecule has 3 N–H and O–H groups in total. The second-order valence-corrected chi connectivity index (χ2v) is 7.68. The molecule has 11 heteroatoms. The first-order valence-corrected chi connectivity index (χ1v) is 10.0. The smallest absolute Gasteiger partial charge is 0.231 e. The summed E-state index contributed by atoms with van der Waals surface area (Å²) in [5, 5.41) is 10.4. The summed E-state index contributed by atoms with van der Waals surface area (Å²) in [5.41, 5.74) is 3.11. The number of rotatable bonds is 6. The Hall–Kier alpha value is -4.02. The predicted octanol–water partition coefficient (Wildman–Crippen LogP) is 3.11. The maximum absolute atomic E-state index is 13.3. The van der Waals surface area contributed by atoms with Crippen LogP contribution < -0.4 is 15.4 Å². The van der Waals surface area contributed by atoms with Crippen molar-refractivity contribution in [1.29, 1.82) is 0 Å². The van der Waals surface area contributed by atoms with Gasteiger partial charge in [-0.3, -0.25) is 9.48 Å². The maximum atomic E-state index is 13.3. The van der Waals surface area contributed by atoms with Gasteiger partial charge >= 0.3 is 0 Å². The molecule has 2 unspecified atom stereocenters. The number of ether oxygens (including phenoxy) is 1. The Balaban J connectivity index is 1.54. The topological polar surface area (TPSA) is 123 Å². The van der Waals surface area contributed by atoms with Crippen LogP contribution in [0.15, 0.2) is 30.6 Å². The lowest BCUT2D eigenvalue weighted by molar-refractivity contribution is -0.117. The molecule has 10 nitrogen and oxygen atoms in total. The number of H-pyrrole nitrogens is 1. The summed E-state index contributed by atoms with van der Waals surface area (Å²) in [7, 11) is 3.37. The van der Waals surface area contributed by atoms with Gasteiger partial charge in [-0.2, -0.15) is 5.10 Å². The zero-order chi connectivity index (χ0) is 22.4. The number of nitrogens with one attached hydrogen (secondary N) is 3. The molecular formula is C21H21FN8O2. The molecule has 164 valence electrons. The van der Waals surface area contributed by atoms with Gasteiger partial charge in [0.15, 0.2) is 17.2 Å². The number of aromatic amines is 1. The first kappa shape index (κ1) is 19.9. The van der Waals surface area contributed by atoms with Crippen LogP contribution in [0.2, 0.25) is 0 Å². The van der Waals surface area contributed by atoms with Crippen molar-refractivity contribution < 1.29 is 13.9 Å².